The Hall–Kier alpha value is 0.822. The first-order chi connectivity index (χ1) is 6.44. The molecule has 1 aliphatic rings. The van der Waals surface area contributed by atoms with Gasteiger partial charge < -0.3 is 28.9 Å². The van der Waals surface area contributed by atoms with Crippen LogP contribution < -0.4 is 9.79 Å². The first-order valence-corrected chi connectivity index (χ1v) is 5.46. The van der Waals surface area contributed by atoms with Gasteiger partial charge in [-0.3, -0.25) is 0 Å². The molecule has 1 aliphatic heterocycles. The topological polar surface area (TPSA) is 102 Å². The van der Waals surface area contributed by atoms with Crippen molar-refractivity contribution in [3.63, 3.8) is 0 Å². The molecule has 1 unspecified atom stereocenters. The predicted molar refractivity (Wildman–Crippen MR) is 49.5 cm³/mol. The van der Waals surface area contributed by atoms with Crippen molar-refractivity contribution in [2.24, 2.45) is 0 Å². The van der Waals surface area contributed by atoms with Gasteiger partial charge in [-0.05, 0) is 13.7 Å². The zero-order valence-corrected chi connectivity index (χ0v) is 13.0. The van der Waals surface area contributed by atoms with Crippen molar-refractivity contribution in [2.75, 3.05) is 7.11 Å². The summed E-state index contributed by atoms with van der Waals surface area (Å²) in [5.74, 6) is 0.479. The van der Waals surface area contributed by atoms with Gasteiger partial charge in [0, 0.05) is 38.2 Å². The quantitative estimate of drug-likeness (QED) is 0.415. The van der Waals surface area contributed by atoms with E-state index in [4.69, 9.17) is 9.47 Å². The Bertz CT molecular complexity index is 265. The van der Waals surface area contributed by atoms with Crippen molar-refractivity contribution in [1.29, 1.82) is 0 Å². The Morgan fingerprint density at radius 3 is 2.50 bits per heavy atom. The summed E-state index contributed by atoms with van der Waals surface area (Å²) in [6.45, 7) is 1.25. The van der Waals surface area contributed by atoms with Gasteiger partial charge in [0.05, 0.1) is 12.2 Å². The molecule has 0 radical (unpaired) electrons. The molecule has 0 amide bonds. The molecule has 8 heteroatoms. The number of hydrogen-bond donors (Lipinski definition) is 1. The van der Waals surface area contributed by atoms with Crippen molar-refractivity contribution in [3.05, 3.63) is 18.5 Å². The van der Waals surface area contributed by atoms with Gasteiger partial charge in [0.2, 0.25) is 0 Å². The predicted octanol–water partition coefficient (Wildman–Crippen LogP) is -1.01. The fraction of sp³-hybridized carbons (Fsp3) is 0.625. The minimum Gasteiger partial charge on any atom is -0.808 e. The molecule has 0 bridgehead atoms. The van der Waals surface area contributed by atoms with Crippen LogP contribution in [0.25, 0.3) is 0 Å². The standard InChI is InChI=1S/C7H12O6P.CH4.U/c1-12-6-4-13-5(7(6)8)2-3-14(9,10)11;;/h2-8H,1H3,(H2,9,10,11);1H4;/q-1;;/p-2/b3-2+;;/t5-,6-,7?;;/m1../s1. The third-order valence-electron chi connectivity index (χ3n) is 1.77. The number of aliphatic hydroxyl groups excluding tert-OH is 1. The molecule has 1 N–H and O–H groups in total. The van der Waals surface area contributed by atoms with Crippen molar-refractivity contribution in [3.8, 4) is 0 Å². The molecule has 0 aromatic carbocycles. The second-order valence-corrected chi connectivity index (χ2v) is 4.19. The van der Waals surface area contributed by atoms with E-state index in [9.17, 15) is 19.5 Å². The first-order valence-electron chi connectivity index (χ1n) is 3.85. The van der Waals surface area contributed by atoms with Gasteiger partial charge in [0.25, 0.3) is 0 Å². The number of rotatable bonds is 3. The molecule has 3 atom stereocenters. The molecule has 6 nitrogen and oxygen atoms in total. The zero-order valence-electron chi connectivity index (χ0n) is 7.90. The molecular weight excluding hydrogens is 461 g/mol. The van der Waals surface area contributed by atoms with Crippen LogP contribution in [0, 0.1) is 37.7 Å². The van der Waals surface area contributed by atoms with E-state index in [2.05, 4.69) is 0 Å². The van der Waals surface area contributed by atoms with Crippen LogP contribution >= 0.6 is 7.60 Å². The summed E-state index contributed by atoms with van der Waals surface area (Å²) in [6.07, 6.45) is -1.46. The van der Waals surface area contributed by atoms with Gasteiger partial charge in [-0.25, -0.2) is 0 Å². The molecule has 0 saturated carbocycles. The second kappa shape index (κ2) is 8.02. The summed E-state index contributed by atoms with van der Waals surface area (Å²) in [5, 5.41) is 9.42. The summed E-state index contributed by atoms with van der Waals surface area (Å²) >= 11 is 0. The first kappa shape index (κ1) is 19.2. The van der Waals surface area contributed by atoms with Crippen LogP contribution in [0.4, 0.5) is 0 Å². The maximum Gasteiger partial charge on any atom is 0.0811 e. The Morgan fingerprint density at radius 2 is 2.12 bits per heavy atom. The SMILES string of the molecule is C.CO[C@@H]1[CH-]O[C@H](/C=C/P(=O)([O-])[O-])C1O.[U]. The molecular formula is C8H14O6PU-3. The summed E-state index contributed by atoms with van der Waals surface area (Å²) in [6, 6.07) is 0. The molecule has 0 aliphatic carbocycles. The van der Waals surface area contributed by atoms with E-state index in [1.165, 1.54) is 13.7 Å². The largest absolute Gasteiger partial charge is 0.808 e. The van der Waals surface area contributed by atoms with Crippen LogP contribution in [0.15, 0.2) is 11.9 Å². The molecule has 1 fully saturated rings. The molecule has 16 heavy (non-hydrogen) atoms. The monoisotopic (exact) mass is 475 g/mol. The van der Waals surface area contributed by atoms with E-state index < -0.39 is 25.9 Å². The third kappa shape index (κ3) is 5.95. The Kier molecular flexibility index (Phi) is 9.60. The zero-order chi connectivity index (χ0) is 10.8. The maximum absolute atomic E-state index is 10.3. The van der Waals surface area contributed by atoms with Crippen LogP contribution in [0.1, 0.15) is 7.43 Å². The molecule has 1 rings (SSSR count). The molecule has 0 aromatic rings. The number of aliphatic hydroxyl groups is 1. The van der Waals surface area contributed by atoms with E-state index in [-0.39, 0.29) is 38.5 Å². The fourth-order valence-electron chi connectivity index (χ4n) is 1.06. The average Bonchev–Trinajstić information content (AvgIpc) is 2.42. The summed E-state index contributed by atoms with van der Waals surface area (Å²) < 4.78 is 19.9. The number of ether oxygens (including phenoxy) is 2. The van der Waals surface area contributed by atoms with E-state index in [1.807, 2.05) is 0 Å². The van der Waals surface area contributed by atoms with Crippen molar-refractivity contribution < 1.29 is 60.0 Å². The second-order valence-electron chi connectivity index (χ2n) is 2.81. The Labute approximate surface area is 119 Å². The summed E-state index contributed by atoms with van der Waals surface area (Å²) in [5.41, 5.74) is 0. The Balaban J connectivity index is 0. The molecule has 94 valence electrons. The summed E-state index contributed by atoms with van der Waals surface area (Å²) in [4.78, 5) is 20.5. The molecule has 1 heterocycles. The number of hydrogen-bond acceptors (Lipinski definition) is 6. The van der Waals surface area contributed by atoms with Gasteiger partial charge >= 0.3 is 0 Å². The summed E-state index contributed by atoms with van der Waals surface area (Å²) in [7, 11) is -3.32. The smallest absolute Gasteiger partial charge is 0.0811 e. The molecule has 0 aromatic heterocycles. The fourth-order valence-corrected chi connectivity index (χ4v) is 1.44. The van der Waals surface area contributed by atoms with E-state index in [1.54, 1.807) is 0 Å². The van der Waals surface area contributed by atoms with E-state index >= 15 is 0 Å². The van der Waals surface area contributed by atoms with Crippen LogP contribution in [-0.2, 0) is 14.0 Å². The molecule has 1 saturated heterocycles. The van der Waals surface area contributed by atoms with E-state index in [0.29, 0.717) is 5.82 Å². The van der Waals surface area contributed by atoms with Crippen LogP contribution in [0.2, 0.25) is 0 Å². The van der Waals surface area contributed by atoms with Crippen molar-refractivity contribution >= 4 is 7.60 Å². The van der Waals surface area contributed by atoms with Gasteiger partial charge in [-0.1, -0.05) is 19.3 Å². The van der Waals surface area contributed by atoms with Crippen LogP contribution in [-0.4, -0.2) is 30.5 Å². The van der Waals surface area contributed by atoms with Gasteiger partial charge in [-0.15, -0.1) is 0 Å². The van der Waals surface area contributed by atoms with Crippen LogP contribution in [0.5, 0.6) is 0 Å². The van der Waals surface area contributed by atoms with Gasteiger partial charge in [0.1, 0.15) is 0 Å². The Morgan fingerprint density at radius 1 is 1.56 bits per heavy atom. The van der Waals surface area contributed by atoms with E-state index in [0.717, 1.165) is 6.08 Å². The minimum atomic E-state index is -4.70. The van der Waals surface area contributed by atoms with Gasteiger partial charge in [-0.2, -0.15) is 6.61 Å². The van der Waals surface area contributed by atoms with Gasteiger partial charge in [0.15, 0.2) is 0 Å². The third-order valence-corrected chi connectivity index (χ3v) is 2.31. The van der Waals surface area contributed by atoms with Crippen molar-refractivity contribution in [2.45, 2.75) is 25.7 Å². The average molecular weight is 475 g/mol. The normalized spacial score (nSPS) is 29.9. The maximum atomic E-state index is 10.3. The van der Waals surface area contributed by atoms with Crippen molar-refractivity contribution in [1.82, 2.24) is 0 Å². The minimum absolute atomic E-state index is 0. The molecule has 0 spiro atoms. The van der Waals surface area contributed by atoms with Crippen LogP contribution in [0.3, 0.4) is 0 Å². The number of methoxy groups -OCH3 is 1.